The molecule has 0 aromatic heterocycles. The van der Waals surface area contributed by atoms with Crippen molar-refractivity contribution in [3.05, 3.63) is 53.6 Å². The number of ether oxygens (including phenoxy) is 2. The van der Waals surface area contributed by atoms with Gasteiger partial charge in [0.25, 0.3) is 0 Å². The van der Waals surface area contributed by atoms with Gasteiger partial charge in [-0.25, -0.2) is 4.79 Å². The number of aliphatic hydroxyl groups excluding tert-OH is 4. The molecular formula is C23H29NO10. The molecular weight excluding hydrogens is 450 g/mol. The largest absolute Gasteiger partial charge is 0.508 e. The molecule has 3 rings (SSSR count). The molecule has 1 heterocycles. The van der Waals surface area contributed by atoms with Crippen molar-refractivity contribution in [2.45, 2.75) is 56.2 Å². The molecule has 11 heteroatoms. The molecule has 0 amide bonds. The quantitative estimate of drug-likeness (QED) is 0.234. The number of aromatic hydroxyl groups is 2. The molecule has 2 aromatic carbocycles. The van der Waals surface area contributed by atoms with Crippen LogP contribution in [0.4, 0.5) is 0 Å². The summed E-state index contributed by atoms with van der Waals surface area (Å²) in [4.78, 5) is 11.2. The lowest BCUT2D eigenvalue weighted by atomic mass is 9.99. The Bertz CT molecular complexity index is 948. The van der Waals surface area contributed by atoms with Gasteiger partial charge in [-0.1, -0.05) is 12.1 Å². The minimum atomic E-state index is -1.79. The van der Waals surface area contributed by atoms with E-state index in [2.05, 4.69) is 5.32 Å². The van der Waals surface area contributed by atoms with Crippen LogP contribution in [-0.4, -0.2) is 85.0 Å². The summed E-state index contributed by atoms with van der Waals surface area (Å²) in [7, 11) is 0. The van der Waals surface area contributed by atoms with Crippen LogP contribution in [0.1, 0.15) is 24.2 Å². The summed E-state index contributed by atoms with van der Waals surface area (Å²) in [6, 6.07) is 10.6. The molecule has 1 aliphatic rings. The number of hydrogen-bond acceptors (Lipinski definition) is 10. The van der Waals surface area contributed by atoms with Crippen molar-refractivity contribution < 1.29 is 50.0 Å². The lowest BCUT2D eigenvalue weighted by Gasteiger charge is -2.38. The highest BCUT2D eigenvalue weighted by Gasteiger charge is 2.48. The minimum absolute atomic E-state index is 0.0382. The van der Waals surface area contributed by atoms with Crippen LogP contribution in [-0.2, 0) is 16.0 Å². The first kappa shape index (κ1) is 25.7. The monoisotopic (exact) mass is 479 g/mol. The molecule has 0 radical (unpaired) electrons. The van der Waals surface area contributed by atoms with Gasteiger partial charge in [-0.2, -0.15) is 0 Å². The molecule has 0 unspecified atom stereocenters. The number of carboxylic acids is 1. The zero-order valence-corrected chi connectivity index (χ0v) is 18.4. The van der Waals surface area contributed by atoms with E-state index in [-0.39, 0.29) is 29.8 Å². The molecule has 11 nitrogen and oxygen atoms in total. The number of phenolic OH excluding ortho intramolecular Hbond substituents is 2. The zero-order chi connectivity index (χ0) is 25.0. The Balaban J connectivity index is 1.52. The highest BCUT2D eigenvalue weighted by Crippen LogP contribution is 2.26. The molecule has 1 saturated heterocycles. The summed E-state index contributed by atoms with van der Waals surface area (Å²) in [6.45, 7) is 2.11. The highest BCUT2D eigenvalue weighted by atomic mass is 16.7. The van der Waals surface area contributed by atoms with Gasteiger partial charge in [0.15, 0.2) is 6.10 Å². The van der Waals surface area contributed by atoms with Crippen molar-refractivity contribution in [2.75, 3.05) is 6.54 Å². The smallest absolute Gasteiger partial charge is 0.335 e. The van der Waals surface area contributed by atoms with Gasteiger partial charge in [0.2, 0.25) is 6.29 Å². The maximum atomic E-state index is 11.2. The molecule has 7 atom stereocenters. The SMILES string of the molecule is C[C@@H](Cc1ccc(O[C@@H]2O[C@H](C(=O)O)[C@@H](O)[C@H](O)[C@H]2O)cc1)NC[C@@H](O)c1cc(O)cc(O)c1. The van der Waals surface area contributed by atoms with E-state index < -0.39 is 42.8 Å². The number of phenols is 2. The second kappa shape index (κ2) is 11.0. The minimum Gasteiger partial charge on any atom is -0.508 e. The second-order valence-electron chi connectivity index (χ2n) is 8.31. The maximum absolute atomic E-state index is 11.2. The molecule has 2 aromatic rings. The Morgan fingerprint density at radius 3 is 2.24 bits per heavy atom. The van der Waals surface area contributed by atoms with Gasteiger partial charge in [0.05, 0.1) is 6.10 Å². The van der Waals surface area contributed by atoms with Crippen LogP contribution in [0.2, 0.25) is 0 Å². The fourth-order valence-corrected chi connectivity index (χ4v) is 3.65. The third-order valence-electron chi connectivity index (χ3n) is 5.50. The van der Waals surface area contributed by atoms with Crippen molar-refractivity contribution in [3.63, 3.8) is 0 Å². The van der Waals surface area contributed by atoms with E-state index in [0.717, 1.165) is 5.56 Å². The normalized spacial score (nSPS) is 26.6. The van der Waals surface area contributed by atoms with E-state index in [1.54, 1.807) is 24.3 Å². The summed E-state index contributed by atoms with van der Waals surface area (Å²) >= 11 is 0. The molecule has 1 aliphatic heterocycles. The number of aliphatic hydroxyl groups is 4. The first-order chi connectivity index (χ1) is 16.0. The third-order valence-corrected chi connectivity index (χ3v) is 5.50. The average Bonchev–Trinajstić information content (AvgIpc) is 2.78. The molecule has 0 saturated carbocycles. The molecule has 34 heavy (non-hydrogen) atoms. The van der Waals surface area contributed by atoms with E-state index in [0.29, 0.717) is 12.0 Å². The van der Waals surface area contributed by atoms with Crippen LogP contribution in [0.5, 0.6) is 17.2 Å². The summed E-state index contributed by atoms with van der Waals surface area (Å²) in [6.07, 6.45) is -8.74. The van der Waals surface area contributed by atoms with Gasteiger partial charge in [-0.05, 0) is 48.7 Å². The van der Waals surface area contributed by atoms with E-state index >= 15 is 0 Å². The third kappa shape index (κ3) is 6.35. The zero-order valence-electron chi connectivity index (χ0n) is 18.4. The Kier molecular flexibility index (Phi) is 8.31. The van der Waals surface area contributed by atoms with Crippen molar-refractivity contribution in [2.24, 2.45) is 0 Å². The van der Waals surface area contributed by atoms with Crippen molar-refractivity contribution >= 4 is 5.97 Å². The van der Waals surface area contributed by atoms with Crippen molar-refractivity contribution in [1.82, 2.24) is 5.32 Å². The Labute approximate surface area is 195 Å². The van der Waals surface area contributed by atoms with Crippen LogP contribution >= 0.6 is 0 Å². The Hall–Kier alpha value is -2.93. The Morgan fingerprint density at radius 2 is 1.65 bits per heavy atom. The van der Waals surface area contributed by atoms with Gasteiger partial charge in [-0.3, -0.25) is 0 Å². The first-order valence-electron chi connectivity index (χ1n) is 10.7. The van der Waals surface area contributed by atoms with Gasteiger partial charge < -0.3 is 50.5 Å². The lowest BCUT2D eigenvalue weighted by molar-refractivity contribution is -0.271. The van der Waals surface area contributed by atoms with Crippen molar-refractivity contribution in [3.8, 4) is 17.2 Å². The Morgan fingerprint density at radius 1 is 1.03 bits per heavy atom. The standard InChI is InChI=1S/C23H29NO10/c1-11(24-10-17(27)13-7-14(25)9-15(26)8-13)6-12-2-4-16(5-3-12)33-23-20(30)18(28)19(29)21(34-23)22(31)32/h2-5,7-9,11,17-21,23-30H,6,10H2,1H3,(H,31,32)/t11-,17+,18-,19-,20+,21-,23+/m0/s1. The molecule has 8 N–H and O–H groups in total. The summed E-state index contributed by atoms with van der Waals surface area (Å²) < 4.78 is 10.6. The lowest BCUT2D eigenvalue weighted by Crippen LogP contribution is -2.61. The maximum Gasteiger partial charge on any atom is 0.335 e. The number of aliphatic carboxylic acids is 1. The second-order valence-corrected chi connectivity index (χ2v) is 8.31. The van der Waals surface area contributed by atoms with Gasteiger partial charge in [-0.15, -0.1) is 0 Å². The molecule has 0 aliphatic carbocycles. The van der Waals surface area contributed by atoms with E-state index in [9.17, 15) is 35.4 Å². The predicted octanol–water partition coefficient (Wildman–Crippen LogP) is -0.377. The average molecular weight is 479 g/mol. The number of carbonyl (C=O) groups is 1. The molecule has 0 bridgehead atoms. The van der Waals surface area contributed by atoms with E-state index in [1.165, 1.54) is 18.2 Å². The summed E-state index contributed by atoms with van der Waals surface area (Å²) in [5.74, 6) is -1.51. The van der Waals surface area contributed by atoms with E-state index in [4.69, 9.17) is 14.6 Å². The molecule has 1 fully saturated rings. The summed E-state index contributed by atoms with van der Waals surface area (Å²) in [5, 5.41) is 71.3. The summed E-state index contributed by atoms with van der Waals surface area (Å²) in [5.41, 5.74) is 1.30. The fraction of sp³-hybridized carbons (Fsp3) is 0.435. The number of hydrogen-bond donors (Lipinski definition) is 8. The van der Waals surface area contributed by atoms with Gasteiger partial charge >= 0.3 is 5.97 Å². The van der Waals surface area contributed by atoms with Crippen LogP contribution in [0, 0.1) is 0 Å². The molecule has 0 spiro atoms. The number of nitrogens with one attached hydrogen (secondary N) is 1. The topological polar surface area (TPSA) is 189 Å². The van der Waals surface area contributed by atoms with Crippen LogP contribution < -0.4 is 10.1 Å². The predicted molar refractivity (Wildman–Crippen MR) is 117 cm³/mol. The van der Waals surface area contributed by atoms with Crippen LogP contribution in [0.25, 0.3) is 0 Å². The number of rotatable bonds is 9. The fourth-order valence-electron chi connectivity index (χ4n) is 3.65. The van der Waals surface area contributed by atoms with Crippen molar-refractivity contribution in [1.29, 1.82) is 0 Å². The highest BCUT2D eigenvalue weighted by molar-refractivity contribution is 5.73. The van der Waals surface area contributed by atoms with Gasteiger partial charge in [0.1, 0.15) is 35.6 Å². The molecule has 186 valence electrons. The first-order valence-corrected chi connectivity index (χ1v) is 10.7. The van der Waals surface area contributed by atoms with Gasteiger partial charge in [0, 0.05) is 18.7 Å². The van der Waals surface area contributed by atoms with Crippen LogP contribution in [0.15, 0.2) is 42.5 Å². The van der Waals surface area contributed by atoms with Crippen LogP contribution in [0.3, 0.4) is 0 Å². The number of carboxylic acid groups (broad SMARTS) is 1. The number of benzene rings is 2. The van der Waals surface area contributed by atoms with E-state index in [1.807, 2.05) is 6.92 Å².